The average Bonchev–Trinajstić information content (AvgIpc) is 2.35. The van der Waals surface area contributed by atoms with Crippen molar-refractivity contribution in [1.82, 2.24) is 10.3 Å². The van der Waals surface area contributed by atoms with Gasteiger partial charge in [-0.2, -0.15) is 0 Å². The van der Waals surface area contributed by atoms with Gasteiger partial charge in [-0.1, -0.05) is 18.2 Å². The highest BCUT2D eigenvalue weighted by Gasteiger charge is 2.18. The molecular formula is C15H18N2O2. The molecule has 4 heteroatoms. The minimum Gasteiger partial charge on any atom is -0.481 e. The molecule has 1 aromatic heterocycles. The molecule has 1 aromatic carbocycles. The summed E-state index contributed by atoms with van der Waals surface area (Å²) in [5.41, 5.74) is 0.0722. The van der Waals surface area contributed by atoms with Gasteiger partial charge >= 0.3 is 0 Å². The van der Waals surface area contributed by atoms with Gasteiger partial charge in [0.05, 0.1) is 7.11 Å². The lowest BCUT2D eigenvalue weighted by Crippen LogP contribution is -2.40. The number of fused-ring (bicyclic) bond motifs is 1. The van der Waals surface area contributed by atoms with E-state index in [2.05, 4.69) is 10.3 Å². The van der Waals surface area contributed by atoms with Crippen LogP contribution in [-0.2, 0) is 0 Å². The molecule has 4 nitrogen and oxygen atoms in total. The van der Waals surface area contributed by atoms with Crippen LogP contribution in [0.5, 0.6) is 5.88 Å². The largest absolute Gasteiger partial charge is 0.481 e. The summed E-state index contributed by atoms with van der Waals surface area (Å²) in [6.07, 6.45) is 0. The Balaban J connectivity index is 2.47. The number of pyridine rings is 1. The topological polar surface area (TPSA) is 51.2 Å². The van der Waals surface area contributed by atoms with Gasteiger partial charge in [-0.15, -0.1) is 0 Å². The number of ether oxygens (including phenoxy) is 1. The Morgan fingerprint density at radius 1 is 1.26 bits per heavy atom. The zero-order chi connectivity index (χ0) is 14.0. The first-order valence-corrected chi connectivity index (χ1v) is 6.17. The molecule has 0 atom stereocenters. The molecule has 1 heterocycles. The van der Waals surface area contributed by atoms with E-state index < -0.39 is 0 Å². The highest BCUT2D eigenvalue weighted by Crippen LogP contribution is 2.24. The van der Waals surface area contributed by atoms with Crippen LogP contribution < -0.4 is 10.1 Å². The zero-order valence-electron chi connectivity index (χ0n) is 11.7. The summed E-state index contributed by atoms with van der Waals surface area (Å²) in [5, 5.41) is 4.73. The molecule has 0 aliphatic carbocycles. The number of hydrogen-bond acceptors (Lipinski definition) is 3. The minimum absolute atomic E-state index is 0.198. The van der Waals surface area contributed by atoms with E-state index in [4.69, 9.17) is 4.74 Å². The molecule has 0 aliphatic heterocycles. The van der Waals surface area contributed by atoms with Gasteiger partial charge < -0.3 is 10.1 Å². The molecule has 0 saturated carbocycles. The van der Waals surface area contributed by atoms with Gasteiger partial charge in [0.25, 0.3) is 5.91 Å². The number of carbonyl (C=O) groups is 1. The van der Waals surface area contributed by atoms with Crippen LogP contribution in [0.4, 0.5) is 0 Å². The van der Waals surface area contributed by atoms with Crippen molar-refractivity contribution in [1.29, 1.82) is 0 Å². The average molecular weight is 258 g/mol. The first-order valence-electron chi connectivity index (χ1n) is 6.17. The number of nitrogens with one attached hydrogen (secondary N) is 1. The van der Waals surface area contributed by atoms with Crippen molar-refractivity contribution in [2.24, 2.45) is 0 Å². The maximum absolute atomic E-state index is 12.1. The van der Waals surface area contributed by atoms with Crippen LogP contribution in [0, 0.1) is 0 Å². The van der Waals surface area contributed by atoms with E-state index in [1.165, 1.54) is 0 Å². The number of benzene rings is 1. The second-order valence-electron chi connectivity index (χ2n) is 5.44. The summed E-state index contributed by atoms with van der Waals surface area (Å²) in [6, 6.07) is 9.48. The van der Waals surface area contributed by atoms with E-state index >= 15 is 0 Å². The van der Waals surface area contributed by atoms with E-state index in [9.17, 15) is 4.79 Å². The normalized spacial score (nSPS) is 11.4. The quantitative estimate of drug-likeness (QED) is 0.901. The van der Waals surface area contributed by atoms with Crippen molar-refractivity contribution in [3.05, 3.63) is 36.0 Å². The molecule has 0 unspecified atom stereocenters. The van der Waals surface area contributed by atoms with Crippen LogP contribution >= 0.6 is 0 Å². The van der Waals surface area contributed by atoms with Crippen LogP contribution in [0.2, 0.25) is 0 Å². The fourth-order valence-corrected chi connectivity index (χ4v) is 1.84. The monoisotopic (exact) mass is 258 g/mol. The number of nitrogens with zero attached hydrogens (tertiary/aromatic N) is 1. The highest BCUT2D eigenvalue weighted by molar-refractivity contribution is 5.98. The minimum atomic E-state index is -0.294. The molecule has 1 N–H and O–H groups in total. The Kier molecular flexibility index (Phi) is 3.42. The lowest BCUT2D eigenvalue weighted by molar-refractivity contribution is 0.0914. The Hall–Kier alpha value is -2.10. The number of hydrogen-bond donors (Lipinski definition) is 1. The Morgan fingerprint density at radius 3 is 2.58 bits per heavy atom. The Morgan fingerprint density at radius 2 is 1.95 bits per heavy atom. The number of rotatable bonds is 2. The Labute approximate surface area is 112 Å². The van der Waals surface area contributed by atoms with E-state index in [1.807, 2.05) is 45.0 Å². The molecule has 2 rings (SSSR count). The van der Waals surface area contributed by atoms with Crippen molar-refractivity contribution in [2.75, 3.05) is 7.11 Å². The van der Waals surface area contributed by atoms with E-state index in [0.29, 0.717) is 11.6 Å². The van der Waals surface area contributed by atoms with Crippen molar-refractivity contribution >= 4 is 16.7 Å². The van der Waals surface area contributed by atoms with E-state index in [0.717, 1.165) is 10.8 Å². The van der Waals surface area contributed by atoms with Gasteiger partial charge in [-0.25, -0.2) is 4.98 Å². The third kappa shape index (κ3) is 3.02. The molecule has 19 heavy (non-hydrogen) atoms. The van der Waals surface area contributed by atoms with Gasteiger partial charge in [-0.05, 0) is 38.3 Å². The molecule has 0 bridgehead atoms. The number of aromatic nitrogens is 1. The molecule has 1 amide bonds. The SMILES string of the molecule is COc1nc(C(=O)NC(C)(C)C)cc2ccccc12. The lowest BCUT2D eigenvalue weighted by Gasteiger charge is -2.20. The van der Waals surface area contributed by atoms with E-state index in [-0.39, 0.29) is 11.4 Å². The van der Waals surface area contributed by atoms with Crippen LogP contribution in [0.1, 0.15) is 31.3 Å². The van der Waals surface area contributed by atoms with Crippen LogP contribution in [0.15, 0.2) is 30.3 Å². The number of amides is 1. The summed E-state index contributed by atoms with van der Waals surface area (Å²) in [6.45, 7) is 5.80. The highest BCUT2D eigenvalue weighted by atomic mass is 16.5. The second kappa shape index (κ2) is 4.88. The molecule has 0 saturated heterocycles. The van der Waals surface area contributed by atoms with Crippen molar-refractivity contribution in [3.8, 4) is 5.88 Å². The number of carbonyl (C=O) groups excluding carboxylic acids is 1. The molecule has 2 aromatic rings. The molecular weight excluding hydrogens is 240 g/mol. The molecule has 0 aliphatic rings. The summed E-state index contributed by atoms with van der Waals surface area (Å²) < 4.78 is 5.26. The lowest BCUT2D eigenvalue weighted by atomic mass is 10.1. The third-order valence-corrected chi connectivity index (χ3v) is 2.62. The molecule has 100 valence electrons. The predicted octanol–water partition coefficient (Wildman–Crippen LogP) is 2.77. The first-order chi connectivity index (χ1) is 8.90. The summed E-state index contributed by atoms with van der Waals surface area (Å²) in [4.78, 5) is 16.4. The Bertz CT molecular complexity index is 615. The second-order valence-corrected chi connectivity index (χ2v) is 5.44. The maximum atomic E-state index is 12.1. The standard InChI is InChI=1S/C15H18N2O2/c1-15(2,3)17-13(18)12-9-10-7-5-6-8-11(10)14(16-12)19-4/h5-9H,1-4H3,(H,17,18). The van der Waals surface area contributed by atoms with Gasteiger partial charge in [0.2, 0.25) is 5.88 Å². The van der Waals surface area contributed by atoms with Crippen molar-refractivity contribution in [3.63, 3.8) is 0 Å². The van der Waals surface area contributed by atoms with Crippen LogP contribution in [0.25, 0.3) is 10.8 Å². The maximum Gasteiger partial charge on any atom is 0.270 e. The summed E-state index contributed by atoms with van der Waals surface area (Å²) in [5.74, 6) is 0.272. The zero-order valence-corrected chi connectivity index (χ0v) is 11.7. The number of methoxy groups -OCH3 is 1. The van der Waals surface area contributed by atoms with Crippen molar-refractivity contribution in [2.45, 2.75) is 26.3 Å². The predicted molar refractivity (Wildman–Crippen MR) is 75.5 cm³/mol. The van der Waals surface area contributed by atoms with Crippen LogP contribution in [-0.4, -0.2) is 23.5 Å². The van der Waals surface area contributed by atoms with Gasteiger partial charge in [0.1, 0.15) is 5.69 Å². The fourth-order valence-electron chi connectivity index (χ4n) is 1.84. The summed E-state index contributed by atoms with van der Waals surface area (Å²) in [7, 11) is 1.56. The first kappa shape index (κ1) is 13.3. The molecule has 0 spiro atoms. The van der Waals surface area contributed by atoms with Gasteiger partial charge in [0, 0.05) is 10.9 Å². The fraction of sp³-hybridized carbons (Fsp3) is 0.333. The van der Waals surface area contributed by atoms with Crippen molar-refractivity contribution < 1.29 is 9.53 Å². The van der Waals surface area contributed by atoms with Gasteiger partial charge in [-0.3, -0.25) is 4.79 Å². The third-order valence-electron chi connectivity index (χ3n) is 2.62. The molecule has 0 fully saturated rings. The van der Waals surface area contributed by atoms with E-state index in [1.54, 1.807) is 13.2 Å². The van der Waals surface area contributed by atoms with Gasteiger partial charge in [0.15, 0.2) is 0 Å². The summed E-state index contributed by atoms with van der Waals surface area (Å²) >= 11 is 0. The van der Waals surface area contributed by atoms with Crippen LogP contribution in [0.3, 0.4) is 0 Å². The smallest absolute Gasteiger partial charge is 0.270 e. The molecule has 0 radical (unpaired) electrons.